The first-order chi connectivity index (χ1) is 16.9. The Balaban J connectivity index is 0.00000106. The van der Waals surface area contributed by atoms with Crippen molar-refractivity contribution in [1.29, 1.82) is 0 Å². The van der Waals surface area contributed by atoms with Gasteiger partial charge < -0.3 is 8.98 Å². The Hall–Kier alpha value is -4.30. The van der Waals surface area contributed by atoms with Gasteiger partial charge in [-0.1, -0.05) is 92.7 Å². The van der Waals surface area contributed by atoms with Crippen LogP contribution in [0.15, 0.2) is 120 Å². The minimum absolute atomic E-state index is 0.928. The van der Waals surface area contributed by atoms with E-state index < -0.39 is 0 Å². The molecule has 0 radical (unpaired) electrons. The van der Waals surface area contributed by atoms with Crippen LogP contribution in [0.5, 0.6) is 0 Å². The summed E-state index contributed by atoms with van der Waals surface area (Å²) in [6, 6.07) is 40.6. The largest absolute Gasteiger partial charge is 0.455 e. The predicted molar refractivity (Wildman–Crippen MR) is 145 cm³/mol. The lowest BCUT2D eigenvalue weighted by atomic mass is 10.0. The number of hydrogen-bond acceptors (Lipinski definition) is 1. The van der Waals surface area contributed by atoms with Crippen LogP contribution in [0.1, 0.15) is 13.8 Å². The zero-order chi connectivity index (χ0) is 23.1. The molecule has 2 aromatic heterocycles. The van der Waals surface area contributed by atoms with Crippen molar-refractivity contribution in [1.82, 2.24) is 4.57 Å². The summed E-state index contributed by atoms with van der Waals surface area (Å²) in [6.45, 7) is 4.00. The highest BCUT2D eigenvalue weighted by Gasteiger charge is 2.15. The van der Waals surface area contributed by atoms with E-state index >= 15 is 0 Å². The van der Waals surface area contributed by atoms with Crippen LogP contribution < -0.4 is 0 Å². The van der Waals surface area contributed by atoms with Crippen LogP contribution in [0.25, 0.3) is 60.6 Å². The number of hydrogen-bond donors (Lipinski definition) is 0. The second-order valence-electron chi connectivity index (χ2n) is 8.20. The maximum absolute atomic E-state index is 6.31. The van der Waals surface area contributed by atoms with E-state index in [0.717, 1.165) is 33.1 Å². The molecule has 0 aliphatic rings. The molecule has 0 saturated heterocycles. The topological polar surface area (TPSA) is 18.1 Å². The molecule has 0 N–H and O–H groups in total. The third-order valence-electron chi connectivity index (χ3n) is 6.40. The highest BCUT2D eigenvalue weighted by molar-refractivity contribution is 6.13. The summed E-state index contributed by atoms with van der Waals surface area (Å²) >= 11 is 0. The summed E-state index contributed by atoms with van der Waals surface area (Å²) in [6.07, 6.45) is 0. The Morgan fingerprint density at radius 3 is 2.06 bits per heavy atom. The van der Waals surface area contributed by atoms with E-state index in [1.54, 1.807) is 0 Å². The quantitative estimate of drug-likeness (QED) is 0.262. The molecule has 0 bridgehead atoms. The van der Waals surface area contributed by atoms with Gasteiger partial charge in [-0.25, -0.2) is 0 Å². The zero-order valence-electron chi connectivity index (χ0n) is 19.3. The number of nitrogens with zero attached hydrogens (tertiary/aromatic N) is 1. The van der Waals surface area contributed by atoms with Gasteiger partial charge >= 0.3 is 0 Å². The third-order valence-corrected chi connectivity index (χ3v) is 6.40. The normalized spacial score (nSPS) is 11.2. The summed E-state index contributed by atoms with van der Waals surface area (Å²) in [7, 11) is 0. The Kier molecular flexibility index (Phi) is 4.92. The molecule has 5 aromatic carbocycles. The second-order valence-corrected chi connectivity index (χ2v) is 8.20. The Bertz CT molecular complexity index is 1770. The average molecular weight is 440 g/mol. The van der Waals surface area contributed by atoms with Gasteiger partial charge in [0.25, 0.3) is 0 Å². The van der Waals surface area contributed by atoms with Crippen LogP contribution in [0.2, 0.25) is 0 Å². The van der Waals surface area contributed by atoms with Crippen molar-refractivity contribution in [3.8, 4) is 16.8 Å². The van der Waals surface area contributed by atoms with Crippen molar-refractivity contribution in [2.24, 2.45) is 0 Å². The van der Waals surface area contributed by atoms with Crippen molar-refractivity contribution < 1.29 is 4.42 Å². The van der Waals surface area contributed by atoms with E-state index in [4.69, 9.17) is 4.42 Å². The second kappa shape index (κ2) is 8.24. The minimum atomic E-state index is 0.928. The molecule has 0 spiro atoms. The number of aromatic nitrogens is 1. The highest BCUT2D eigenvalue weighted by atomic mass is 16.3. The molecule has 7 aromatic rings. The van der Waals surface area contributed by atoms with Gasteiger partial charge in [0.2, 0.25) is 0 Å². The van der Waals surface area contributed by atoms with Crippen LogP contribution in [-0.4, -0.2) is 4.57 Å². The van der Waals surface area contributed by atoms with E-state index in [9.17, 15) is 0 Å². The molecule has 2 heterocycles. The summed E-state index contributed by atoms with van der Waals surface area (Å²) < 4.78 is 8.65. The number of fused-ring (bicyclic) bond motifs is 6. The molecule has 164 valence electrons. The van der Waals surface area contributed by atoms with Crippen LogP contribution in [0.3, 0.4) is 0 Å². The molecule has 0 atom stereocenters. The maximum atomic E-state index is 6.31. The van der Waals surface area contributed by atoms with Crippen molar-refractivity contribution in [2.45, 2.75) is 13.8 Å². The molecule has 0 aliphatic heterocycles. The summed E-state index contributed by atoms with van der Waals surface area (Å²) in [5.41, 5.74) is 7.75. The Labute approximate surface area is 198 Å². The Morgan fingerprint density at radius 1 is 0.529 bits per heavy atom. The van der Waals surface area contributed by atoms with Crippen molar-refractivity contribution in [3.63, 3.8) is 0 Å². The minimum Gasteiger partial charge on any atom is -0.455 e. The van der Waals surface area contributed by atoms with Crippen LogP contribution in [0, 0.1) is 0 Å². The van der Waals surface area contributed by atoms with Gasteiger partial charge in [-0.3, -0.25) is 0 Å². The van der Waals surface area contributed by atoms with Crippen LogP contribution in [-0.2, 0) is 0 Å². The van der Waals surface area contributed by atoms with Gasteiger partial charge in [0.05, 0.1) is 11.0 Å². The first kappa shape index (κ1) is 20.3. The Morgan fingerprint density at radius 2 is 1.21 bits per heavy atom. The first-order valence-corrected chi connectivity index (χ1v) is 11.9. The van der Waals surface area contributed by atoms with E-state index in [-0.39, 0.29) is 0 Å². The van der Waals surface area contributed by atoms with E-state index in [0.29, 0.717) is 0 Å². The summed E-state index contributed by atoms with van der Waals surface area (Å²) in [5.74, 6) is 0. The van der Waals surface area contributed by atoms with Crippen molar-refractivity contribution >= 4 is 43.7 Å². The lowest BCUT2D eigenvalue weighted by molar-refractivity contribution is 0.670. The SMILES string of the molecule is CC.c1ccc(-n2c3ccccc3c3cc(-c4cccc5c4oc4ccccc45)ccc32)cc1. The number of furan rings is 1. The molecular weight excluding hydrogens is 414 g/mol. The summed E-state index contributed by atoms with van der Waals surface area (Å²) in [4.78, 5) is 0. The van der Waals surface area contributed by atoms with Gasteiger partial charge in [0, 0.05) is 32.8 Å². The highest BCUT2D eigenvalue weighted by Crippen LogP contribution is 2.39. The first-order valence-electron chi connectivity index (χ1n) is 11.9. The molecule has 0 fully saturated rings. The maximum Gasteiger partial charge on any atom is 0.143 e. The molecule has 0 amide bonds. The van der Waals surface area contributed by atoms with Gasteiger partial charge in [-0.15, -0.1) is 0 Å². The van der Waals surface area contributed by atoms with Crippen LogP contribution >= 0.6 is 0 Å². The fourth-order valence-electron chi connectivity index (χ4n) is 4.97. The molecule has 7 rings (SSSR count). The molecular formula is C32H25NO. The molecule has 2 heteroatoms. The van der Waals surface area contributed by atoms with E-state index in [1.165, 1.54) is 27.5 Å². The van der Waals surface area contributed by atoms with Crippen molar-refractivity contribution in [3.05, 3.63) is 115 Å². The lowest BCUT2D eigenvalue weighted by Crippen LogP contribution is -1.92. The smallest absolute Gasteiger partial charge is 0.143 e. The molecule has 0 unspecified atom stereocenters. The fourth-order valence-corrected chi connectivity index (χ4v) is 4.97. The zero-order valence-corrected chi connectivity index (χ0v) is 19.3. The molecule has 0 aliphatic carbocycles. The number of benzene rings is 5. The number of rotatable bonds is 2. The third kappa shape index (κ3) is 3.03. The molecule has 2 nitrogen and oxygen atoms in total. The summed E-state index contributed by atoms with van der Waals surface area (Å²) in [5, 5.41) is 4.82. The molecule has 0 saturated carbocycles. The van der Waals surface area contributed by atoms with E-state index in [1.807, 2.05) is 26.0 Å². The monoisotopic (exact) mass is 439 g/mol. The van der Waals surface area contributed by atoms with Gasteiger partial charge in [-0.05, 0) is 42.0 Å². The van der Waals surface area contributed by atoms with E-state index in [2.05, 4.69) is 108 Å². The molecule has 34 heavy (non-hydrogen) atoms. The van der Waals surface area contributed by atoms with Gasteiger partial charge in [-0.2, -0.15) is 0 Å². The average Bonchev–Trinajstić information content (AvgIpc) is 3.46. The lowest BCUT2D eigenvalue weighted by Gasteiger charge is -2.08. The van der Waals surface area contributed by atoms with Crippen LogP contribution in [0.4, 0.5) is 0 Å². The fraction of sp³-hybridized carbons (Fsp3) is 0.0625. The predicted octanol–water partition coefficient (Wildman–Crippen LogP) is 9.38. The number of para-hydroxylation sites is 4. The standard InChI is InChI=1S/C30H19NO.C2H6/c1-2-9-21(10-3-1)31-27-15-6-4-11-23(27)26-19-20(17-18-28(26)31)22-13-8-14-25-24-12-5-7-16-29(24)32-30(22)25;1-2/h1-19H;1-2H3. The van der Waals surface area contributed by atoms with Gasteiger partial charge in [0.15, 0.2) is 0 Å². The van der Waals surface area contributed by atoms with Gasteiger partial charge in [0.1, 0.15) is 11.2 Å². The van der Waals surface area contributed by atoms with Crippen molar-refractivity contribution in [2.75, 3.05) is 0 Å².